The molecule has 0 atom stereocenters. The number of sulfonamides is 1. The van der Waals surface area contributed by atoms with Crippen molar-refractivity contribution < 1.29 is 18.0 Å². The summed E-state index contributed by atoms with van der Waals surface area (Å²) in [6, 6.07) is 19.5. The van der Waals surface area contributed by atoms with E-state index in [0.29, 0.717) is 23.5 Å². The minimum atomic E-state index is -3.96. The fourth-order valence-corrected chi connectivity index (χ4v) is 7.49. The normalized spacial score (nSPS) is 13.2. The van der Waals surface area contributed by atoms with Crippen LogP contribution in [0.5, 0.6) is 0 Å². The zero-order valence-electron chi connectivity index (χ0n) is 23.5. The Kier molecular flexibility index (Phi) is 10.1. The van der Waals surface area contributed by atoms with Crippen LogP contribution in [0, 0.1) is 22.7 Å². The van der Waals surface area contributed by atoms with Crippen LogP contribution in [-0.2, 0) is 29.5 Å². The third-order valence-corrected chi connectivity index (χ3v) is 9.98. The number of nitrogens with zero attached hydrogens (tertiary/aromatic N) is 5. The molecule has 2 heterocycles. The molecule has 2 amide bonds. The van der Waals surface area contributed by atoms with E-state index in [-0.39, 0.29) is 42.3 Å². The molecule has 1 aromatic heterocycles. The number of thiophene rings is 1. The van der Waals surface area contributed by atoms with Gasteiger partial charge in [0.1, 0.15) is 5.00 Å². The van der Waals surface area contributed by atoms with Crippen molar-refractivity contribution in [2.75, 3.05) is 39.0 Å². The Morgan fingerprint density at radius 3 is 2.24 bits per heavy atom. The maximum absolute atomic E-state index is 13.3. The number of benzene rings is 2. The minimum Gasteiger partial charge on any atom is -0.345 e. The molecule has 0 saturated heterocycles. The van der Waals surface area contributed by atoms with Crippen molar-refractivity contribution >= 4 is 38.2 Å². The van der Waals surface area contributed by atoms with Gasteiger partial charge >= 0.3 is 0 Å². The second-order valence-electron chi connectivity index (χ2n) is 10.1. The molecule has 3 aromatic rings. The number of rotatable bonds is 11. The number of fused-ring (bicyclic) bond motifs is 1. The van der Waals surface area contributed by atoms with Crippen molar-refractivity contribution in [3.05, 3.63) is 81.7 Å². The molecule has 1 N–H and O–H groups in total. The van der Waals surface area contributed by atoms with Crippen LogP contribution >= 0.6 is 11.3 Å². The number of nitrogens with one attached hydrogen (secondary N) is 1. The lowest BCUT2D eigenvalue weighted by molar-refractivity contribution is 0.0827. The van der Waals surface area contributed by atoms with Crippen LogP contribution < -0.4 is 5.32 Å². The Balaban J connectivity index is 1.55. The van der Waals surface area contributed by atoms with Gasteiger partial charge in [0.2, 0.25) is 10.0 Å². The molecular formula is C30H32N6O4S2. The van der Waals surface area contributed by atoms with Gasteiger partial charge in [0.25, 0.3) is 11.8 Å². The largest absolute Gasteiger partial charge is 0.345 e. The first kappa shape index (κ1) is 30.9. The van der Waals surface area contributed by atoms with E-state index in [0.717, 1.165) is 27.8 Å². The van der Waals surface area contributed by atoms with Gasteiger partial charge in [-0.3, -0.25) is 14.5 Å². The molecule has 0 saturated carbocycles. The zero-order chi connectivity index (χ0) is 30.3. The smallest absolute Gasteiger partial charge is 0.256 e. The topological polar surface area (TPSA) is 138 Å². The van der Waals surface area contributed by atoms with E-state index in [9.17, 15) is 18.0 Å². The molecule has 10 nitrogen and oxygen atoms in total. The predicted molar refractivity (Wildman–Crippen MR) is 160 cm³/mol. The maximum Gasteiger partial charge on any atom is 0.256 e. The summed E-state index contributed by atoms with van der Waals surface area (Å²) >= 11 is 1.40. The highest BCUT2D eigenvalue weighted by atomic mass is 32.2. The number of hydrogen-bond acceptors (Lipinski definition) is 8. The van der Waals surface area contributed by atoms with Gasteiger partial charge in [-0.1, -0.05) is 30.3 Å². The number of carbonyl (C=O) groups is 2. The lowest BCUT2D eigenvalue weighted by atomic mass is 10.0. The summed E-state index contributed by atoms with van der Waals surface area (Å²) in [5, 5.41) is 21.2. The van der Waals surface area contributed by atoms with Crippen molar-refractivity contribution in [3.8, 4) is 12.1 Å². The average molecular weight is 605 g/mol. The van der Waals surface area contributed by atoms with Crippen molar-refractivity contribution in [2.24, 2.45) is 0 Å². The number of hydrogen-bond donors (Lipinski definition) is 1. The first-order chi connectivity index (χ1) is 20.1. The van der Waals surface area contributed by atoms with Crippen LogP contribution in [0.2, 0.25) is 0 Å². The fourth-order valence-electron chi connectivity index (χ4n) is 4.78. The van der Waals surface area contributed by atoms with E-state index in [1.807, 2.05) is 30.3 Å². The standard InChI is InChI=1S/C30H32N6O4S2/c1-34(2)30(38)27-25-14-19-35(20-22-8-4-3-5-9-22)21-26(25)41-29(27)33-28(37)23-10-12-24(13-11-23)42(39,40)36(17-6-15-31)18-7-16-32/h3-5,8-13H,6-7,14,17-21H2,1-2H3,(H,33,37). The second-order valence-corrected chi connectivity index (χ2v) is 13.1. The Morgan fingerprint density at radius 1 is 1.00 bits per heavy atom. The highest BCUT2D eigenvalue weighted by Crippen LogP contribution is 2.38. The van der Waals surface area contributed by atoms with Crippen molar-refractivity contribution in [3.63, 3.8) is 0 Å². The molecule has 42 heavy (non-hydrogen) atoms. The Bertz CT molecular complexity index is 1600. The van der Waals surface area contributed by atoms with Gasteiger partial charge in [-0.25, -0.2) is 8.42 Å². The minimum absolute atomic E-state index is 0.00600. The van der Waals surface area contributed by atoms with Gasteiger partial charge in [-0.05, 0) is 41.8 Å². The highest BCUT2D eigenvalue weighted by molar-refractivity contribution is 7.89. The molecule has 0 aliphatic carbocycles. The van der Waals surface area contributed by atoms with Gasteiger partial charge in [0.05, 0.1) is 22.6 Å². The summed E-state index contributed by atoms with van der Waals surface area (Å²) in [5.74, 6) is -0.645. The molecule has 1 aliphatic heterocycles. The quantitative estimate of drug-likeness (QED) is 0.348. The summed E-state index contributed by atoms with van der Waals surface area (Å²) < 4.78 is 27.3. The van der Waals surface area contributed by atoms with Crippen molar-refractivity contribution in [1.82, 2.24) is 14.1 Å². The summed E-state index contributed by atoms with van der Waals surface area (Å²) in [7, 11) is -0.600. The summed E-state index contributed by atoms with van der Waals surface area (Å²) in [5.41, 5.74) is 2.89. The molecule has 2 aromatic carbocycles. The molecule has 1 aliphatic rings. The third kappa shape index (κ3) is 7.04. The molecule has 0 radical (unpaired) electrons. The lowest BCUT2D eigenvalue weighted by Crippen LogP contribution is -2.32. The summed E-state index contributed by atoms with van der Waals surface area (Å²) in [6.45, 7) is 2.18. The molecule has 0 unspecified atom stereocenters. The first-order valence-electron chi connectivity index (χ1n) is 13.4. The van der Waals surface area contributed by atoms with Gasteiger partial charge < -0.3 is 10.2 Å². The number of nitriles is 2. The highest BCUT2D eigenvalue weighted by Gasteiger charge is 2.30. The SMILES string of the molecule is CN(C)C(=O)c1c(NC(=O)c2ccc(S(=O)(=O)N(CCC#N)CCC#N)cc2)sc2c1CCN(Cc1ccccc1)C2. The fraction of sp³-hybridized carbons (Fsp3) is 0.333. The van der Waals surface area contributed by atoms with Crippen molar-refractivity contribution in [2.45, 2.75) is 37.2 Å². The second kappa shape index (κ2) is 13.7. The van der Waals surface area contributed by atoms with E-state index in [1.165, 1.54) is 46.1 Å². The van der Waals surface area contributed by atoms with Crippen LogP contribution in [-0.4, -0.2) is 68.1 Å². The van der Waals surface area contributed by atoms with Gasteiger partial charge in [0.15, 0.2) is 0 Å². The third-order valence-electron chi connectivity index (χ3n) is 6.93. The zero-order valence-corrected chi connectivity index (χ0v) is 25.2. The summed E-state index contributed by atoms with van der Waals surface area (Å²) in [6.07, 6.45) is 0.673. The van der Waals surface area contributed by atoms with Gasteiger partial charge in [0, 0.05) is 70.1 Å². The van der Waals surface area contributed by atoms with Gasteiger partial charge in [-0.15, -0.1) is 11.3 Å². The Hall–Kier alpha value is -4.07. The lowest BCUT2D eigenvalue weighted by Gasteiger charge is -2.27. The van der Waals surface area contributed by atoms with Gasteiger partial charge in [-0.2, -0.15) is 14.8 Å². The van der Waals surface area contributed by atoms with E-state index in [4.69, 9.17) is 10.5 Å². The van der Waals surface area contributed by atoms with E-state index < -0.39 is 15.9 Å². The van der Waals surface area contributed by atoms with Crippen LogP contribution in [0.3, 0.4) is 0 Å². The van der Waals surface area contributed by atoms with Crippen LogP contribution in [0.15, 0.2) is 59.5 Å². The molecule has 12 heteroatoms. The van der Waals surface area contributed by atoms with E-state index in [2.05, 4.69) is 22.3 Å². The van der Waals surface area contributed by atoms with E-state index >= 15 is 0 Å². The number of anilines is 1. The maximum atomic E-state index is 13.3. The van der Waals surface area contributed by atoms with Crippen LogP contribution in [0.25, 0.3) is 0 Å². The monoisotopic (exact) mass is 604 g/mol. The molecular weight excluding hydrogens is 573 g/mol. The molecule has 218 valence electrons. The molecule has 0 spiro atoms. The van der Waals surface area contributed by atoms with E-state index in [1.54, 1.807) is 14.1 Å². The molecule has 0 bridgehead atoms. The average Bonchev–Trinajstić information content (AvgIpc) is 3.33. The number of carbonyl (C=O) groups excluding carboxylic acids is 2. The Labute approximate surface area is 250 Å². The van der Waals surface area contributed by atoms with Crippen LogP contribution in [0.4, 0.5) is 5.00 Å². The summed E-state index contributed by atoms with van der Waals surface area (Å²) in [4.78, 5) is 31.3. The Morgan fingerprint density at radius 2 is 1.64 bits per heavy atom. The number of amides is 2. The van der Waals surface area contributed by atoms with Crippen LogP contribution in [0.1, 0.15) is 49.6 Å². The van der Waals surface area contributed by atoms with Crippen molar-refractivity contribution in [1.29, 1.82) is 10.5 Å². The first-order valence-corrected chi connectivity index (χ1v) is 15.7. The predicted octanol–water partition coefficient (Wildman–Crippen LogP) is 4.08. The molecule has 0 fully saturated rings. The molecule has 4 rings (SSSR count).